The van der Waals surface area contributed by atoms with Crippen LogP contribution in [0.25, 0.3) is 4.85 Å². The number of rotatable bonds is 7. The van der Waals surface area contributed by atoms with Crippen LogP contribution in [-0.4, -0.2) is 58.9 Å². The number of primary amides is 1. The van der Waals surface area contributed by atoms with Crippen LogP contribution >= 0.6 is 0 Å². The monoisotopic (exact) mass is 412 g/mol. The van der Waals surface area contributed by atoms with Crippen molar-refractivity contribution in [2.45, 2.75) is 43.8 Å². The molecule has 1 aromatic rings. The van der Waals surface area contributed by atoms with Gasteiger partial charge in [0, 0.05) is 31.7 Å². The molecule has 0 aromatic carbocycles. The second-order valence-corrected chi connectivity index (χ2v) is 7.71. The number of aromatic nitrogens is 2. The van der Waals surface area contributed by atoms with Gasteiger partial charge in [-0.25, -0.2) is 6.57 Å². The highest BCUT2D eigenvalue weighted by atomic mass is 19.4. The Labute approximate surface area is 166 Å². The molecule has 1 aliphatic carbocycles. The van der Waals surface area contributed by atoms with Gasteiger partial charge in [0.1, 0.15) is 11.1 Å². The number of likely N-dealkylation sites (tertiary alicyclic amines) is 1. The maximum absolute atomic E-state index is 12.5. The second kappa shape index (κ2) is 8.02. The van der Waals surface area contributed by atoms with E-state index in [-0.39, 0.29) is 36.3 Å². The van der Waals surface area contributed by atoms with Crippen molar-refractivity contribution in [3.8, 4) is 0 Å². The number of nitrogens with zero attached hydrogens (tertiary/aromatic N) is 4. The van der Waals surface area contributed by atoms with Crippen molar-refractivity contribution in [3.63, 3.8) is 0 Å². The van der Waals surface area contributed by atoms with Crippen LogP contribution in [0.4, 0.5) is 19.0 Å². The largest absolute Gasteiger partial charge is 0.390 e. The summed E-state index contributed by atoms with van der Waals surface area (Å²) in [6.07, 6.45) is -1.28. The first-order valence-corrected chi connectivity index (χ1v) is 9.47. The molecule has 1 saturated carbocycles. The third kappa shape index (κ3) is 5.06. The molecule has 0 atom stereocenters. The maximum Gasteiger partial charge on any atom is 0.390 e. The molecular weight excluding hydrogens is 389 g/mol. The van der Waals surface area contributed by atoms with E-state index >= 15 is 0 Å². The molecule has 0 spiro atoms. The molecule has 1 aliphatic heterocycles. The molecule has 2 aliphatic rings. The molecule has 0 unspecified atom stereocenters. The average Bonchev–Trinajstić information content (AvgIpc) is 3.41. The molecule has 2 amide bonds. The van der Waals surface area contributed by atoms with Crippen molar-refractivity contribution in [3.05, 3.63) is 23.2 Å². The lowest BCUT2D eigenvalue weighted by atomic mass is 9.87. The van der Waals surface area contributed by atoms with Gasteiger partial charge in [-0.3, -0.25) is 14.3 Å². The van der Waals surface area contributed by atoms with E-state index in [0.717, 1.165) is 12.8 Å². The van der Waals surface area contributed by atoms with E-state index in [1.165, 1.54) is 10.9 Å². The summed E-state index contributed by atoms with van der Waals surface area (Å²) in [5, 5.41) is 6.98. The number of amides is 2. The van der Waals surface area contributed by atoms with Gasteiger partial charge >= 0.3 is 6.18 Å². The lowest BCUT2D eigenvalue weighted by Crippen LogP contribution is -2.48. The van der Waals surface area contributed by atoms with Crippen molar-refractivity contribution < 1.29 is 22.8 Å². The van der Waals surface area contributed by atoms with Crippen molar-refractivity contribution in [1.29, 1.82) is 0 Å². The highest BCUT2D eigenvalue weighted by Gasteiger charge is 2.42. The Bertz CT molecular complexity index is 817. The van der Waals surface area contributed by atoms with Gasteiger partial charge in [0.15, 0.2) is 5.82 Å². The molecule has 11 heteroatoms. The van der Waals surface area contributed by atoms with Crippen LogP contribution < -0.4 is 11.1 Å². The summed E-state index contributed by atoms with van der Waals surface area (Å²) in [5.41, 5.74) is 4.72. The van der Waals surface area contributed by atoms with Gasteiger partial charge in [-0.05, 0) is 25.7 Å². The third-order valence-electron chi connectivity index (χ3n) is 5.53. The first kappa shape index (κ1) is 21.1. The molecule has 8 nitrogen and oxygen atoms in total. The predicted molar refractivity (Wildman–Crippen MR) is 97.9 cm³/mol. The Balaban J connectivity index is 1.77. The quantitative estimate of drug-likeness (QED) is 0.670. The lowest BCUT2D eigenvalue weighted by Gasteiger charge is -2.38. The molecule has 2 heterocycles. The van der Waals surface area contributed by atoms with Gasteiger partial charge in [0.25, 0.3) is 5.91 Å². The van der Waals surface area contributed by atoms with Crippen molar-refractivity contribution in [2.24, 2.45) is 11.7 Å². The van der Waals surface area contributed by atoms with Crippen molar-refractivity contribution in [2.75, 3.05) is 31.5 Å². The fourth-order valence-electron chi connectivity index (χ4n) is 3.54. The van der Waals surface area contributed by atoms with Crippen molar-refractivity contribution >= 4 is 17.6 Å². The van der Waals surface area contributed by atoms with E-state index < -0.39 is 24.0 Å². The van der Waals surface area contributed by atoms with Gasteiger partial charge in [-0.15, -0.1) is 0 Å². The number of alkyl halides is 3. The van der Waals surface area contributed by atoms with E-state index in [0.29, 0.717) is 25.9 Å². The minimum atomic E-state index is -4.21. The fraction of sp³-hybridized carbons (Fsp3) is 0.667. The van der Waals surface area contributed by atoms with E-state index in [1.807, 2.05) is 0 Å². The molecule has 1 aromatic heterocycles. The number of hydrogen-bond donors (Lipinski definition) is 2. The minimum Gasteiger partial charge on any atom is -0.365 e. The zero-order valence-corrected chi connectivity index (χ0v) is 15.8. The third-order valence-corrected chi connectivity index (χ3v) is 5.53. The molecule has 3 N–H and O–H groups in total. The topological polar surface area (TPSA) is 97.6 Å². The average molecular weight is 412 g/mol. The molecular formula is C18H23F3N6O2. The van der Waals surface area contributed by atoms with E-state index in [4.69, 9.17) is 12.3 Å². The SMILES string of the molecule is [C-]#[N+]CC1(n2cc(C(N)=O)c(NC(=O)C3CC3)n2)CCN(CCC(F)(F)F)CC1. The summed E-state index contributed by atoms with van der Waals surface area (Å²) < 4.78 is 38.9. The van der Waals surface area contributed by atoms with Gasteiger partial charge < -0.3 is 20.8 Å². The lowest BCUT2D eigenvalue weighted by molar-refractivity contribution is -0.139. The van der Waals surface area contributed by atoms with Gasteiger partial charge in [-0.2, -0.15) is 18.3 Å². The summed E-state index contributed by atoms with van der Waals surface area (Å²) in [4.78, 5) is 29.1. The summed E-state index contributed by atoms with van der Waals surface area (Å²) in [7, 11) is 0. The Morgan fingerprint density at radius 3 is 2.52 bits per heavy atom. The summed E-state index contributed by atoms with van der Waals surface area (Å²) >= 11 is 0. The molecule has 158 valence electrons. The molecule has 0 bridgehead atoms. The van der Waals surface area contributed by atoms with Crippen LogP contribution in [0.2, 0.25) is 0 Å². The van der Waals surface area contributed by atoms with Gasteiger partial charge in [-0.1, -0.05) is 0 Å². The standard InChI is InChI=1S/C18H23F3N6O2/c1-23-11-17(4-7-26(8-5-17)9-6-18(19,20)21)27-10-13(14(22)28)15(25-27)24-16(29)12-2-3-12/h10,12H,2-9,11H2,(H2,22,28)(H,24,25,29). The Hall–Kier alpha value is -2.61. The number of hydrogen-bond acceptors (Lipinski definition) is 4. The minimum absolute atomic E-state index is 0.0582. The van der Waals surface area contributed by atoms with Crippen LogP contribution in [0.3, 0.4) is 0 Å². The first-order chi connectivity index (χ1) is 13.6. The van der Waals surface area contributed by atoms with Gasteiger partial charge in [0.05, 0.1) is 6.42 Å². The number of nitrogens with two attached hydrogens (primary N) is 1. The Kier molecular flexibility index (Phi) is 5.84. The summed E-state index contributed by atoms with van der Waals surface area (Å²) in [6.45, 7) is 8.04. The molecule has 29 heavy (non-hydrogen) atoms. The molecule has 2 fully saturated rings. The second-order valence-electron chi connectivity index (χ2n) is 7.71. The molecule has 3 rings (SSSR count). The van der Waals surface area contributed by atoms with E-state index in [1.54, 1.807) is 4.90 Å². The molecule has 1 saturated heterocycles. The highest BCUT2D eigenvalue weighted by Crippen LogP contribution is 2.34. The fourth-order valence-corrected chi connectivity index (χ4v) is 3.54. The maximum atomic E-state index is 12.5. The number of anilines is 1. The number of carbonyl (C=O) groups is 2. The summed E-state index contributed by atoms with van der Waals surface area (Å²) in [5.74, 6) is -0.991. The zero-order valence-electron chi connectivity index (χ0n) is 15.8. The van der Waals surface area contributed by atoms with E-state index in [9.17, 15) is 22.8 Å². The first-order valence-electron chi connectivity index (χ1n) is 9.47. The highest BCUT2D eigenvalue weighted by molar-refractivity contribution is 6.02. The Morgan fingerprint density at radius 1 is 1.34 bits per heavy atom. The smallest absolute Gasteiger partial charge is 0.365 e. The van der Waals surface area contributed by atoms with Crippen LogP contribution in [-0.2, 0) is 10.3 Å². The number of halogens is 3. The Morgan fingerprint density at radius 2 is 2.00 bits per heavy atom. The number of nitrogens with one attached hydrogen (secondary N) is 1. The zero-order chi connectivity index (χ0) is 21.2. The van der Waals surface area contributed by atoms with Crippen LogP contribution in [0.1, 0.15) is 42.5 Å². The van der Waals surface area contributed by atoms with E-state index in [2.05, 4.69) is 15.3 Å². The van der Waals surface area contributed by atoms with Crippen LogP contribution in [0.15, 0.2) is 6.20 Å². The predicted octanol–water partition coefficient (Wildman–Crippen LogP) is 1.99. The van der Waals surface area contributed by atoms with Gasteiger partial charge in [0.2, 0.25) is 12.5 Å². The summed E-state index contributed by atoms with van der Waals surface area (Å²) in [6, 6.07) is 0. The van der Waals surface area contributed by atoms with Crippen LogP contribution in [0, 0.1) is 12.5 Å². The number of piperidine rings is 1. The van der Waals surface area contributed by atoms with Crippen LogP contribution in [0.5, 0.6) is 0 Å². The van der Waals surface area contributed by atoms with Crippen molar-refractivity contribution in [1.82, 2.24) is 14.7 Å². The molecule has 0 radical (unpaired) electrons. The normalized spacial score (nSPS) is 19.5. The number of carbonyl (C=O) groups excluding carboxylic acids is 2.